The van der Waals surface area contributed by atoms with E-state index in [2.05, 4.69) is 0 Å². The Labute approximate surface area is 100 Å². The molecule has 17 heavy (non-hydrogen) atoms. The van der Waals surface area contributed by atoms with Crippen molar-refractivity contribution in [2.24, 2.45) is 0 Å². The Balaban J connectivity index is 3.05. The third-order valence-electron chi connectivity index (χ3n) is 2.43. The Morgan fingerprint density at radius 2 is 2.12 bits per heavy atom. The van der Waals surface area contributed by atoms with Crippen LogP contribution in [0.3, 0.4) is 0 Å². The van der Waals surface area contributed by atoms with Gasteiger partial charge in [-0.05, 0) is 36.8 Å². The van der Waals surface area contributed by atoms with E-state index in [0.717, 1.165) is 5.56 Å². The van der Waals surface area contributed by atoms with E-state index in [0.29, 0.717) is 18.8 Å². The maximum absolute atomic E-state index is 12.8. The Hall–Kier alpha value is -1.86. The highest BCUT2D eigenvalue weighted by atomic mass is 19.1. The topological polar surface area (TPSA) is 47.3 Å². The van der Waals surface area contributed by atoms with Crippen LogP contribution in [0, 0.1) is 17.1 Å². The molecule has 0 unspecified atom stereocenters. The first-order valence-corrected chi connectivity index (χ1v) is 5.44. The first-order valence-electron chi connectivity index (χ1n) is 5.44. The van der Waals surface area contributed by atoms with E-state index in [9.17, 15) is 4.39 Å². The SMILES string of the molecule is CCN(CCO)/C(=C/C#N)c1ccc(F)cc1. The summed E-state index contributed by atoms with van der Waals surface area (Å²) in [6.45, 7) is 3.06. The molecule has 90 valence electrons. The lowest BCUT2D eigenvalue weighted by Gasteiger charge is -2.24. The van der Waals surface area contributed by atoms with Crippen LogP contribution < -0.4 is 0 Å². The zero-order valence-corrected chi connectivity index (χ0v) is 9.73. The molecule has 0 atom stereocenters. The van der Waals surface area contributed by atoms with Gasteiger partial charge >= 0.3 is 0 Å². The smallest absolute Gasteiger partial charge is 0.123 e. The summed E-state index contributed by atoms with van der Waals surface area (Å²) < 4.78 is 12.8. The molecule has 0 fully saturated rings. The van der Waals surface area contributed by atoms with Gasteiger partial charge in [-0.3, -0.25) is 0 Å². The molecule has 0 aliphatic carbocycles. The third-order valence-corrected chi connectivity index (χ3v) is 2.43. The molecular formula is C13H15FN2O. The molecule has 0 aromatic heterocycles. The van der Waals surface area contributed by atoms with E-state index in [4.69, 9.17) is 10.4 Å². The van der Waals surface area contributed by atoms with Crippen molar-refractivity contribution in [3.05, 3.63) is 41.7 Å². The second kappa shape index (κ2) is 6.66. The molecule has 0 spiro atoms. The highest BCUT2D eigenvalue weighted by Crippen LogP contribution is 2.19. The van der Waals surface area contributed by atoms with Gasteiger partial charge in [-0.25, -0.2) is 4.39 Å². The van der Waals surface area contributed by atoms with Crippen LogP contribution in [0.5, 0.6) is 0 Å². The first kappa shape index (κ1) is 13.2. The van der Waals surface area contributed by atoms with Crippen LogP contribution in [0.1, 0.15) is 12.5 Å². The zero-order chi connectivity index (χ0) is 12.7. The van der Waals surface area contributed by atoms with Gasteiger partial charge in [-0.2, -0.15) is 5.26 Å². The van der Waals surface area contributed by atoms with Crippen molar-refractivity contribution >= 4 is 5.70 Å². The molecule has 0 saturated heterocycles. The monoisotopic (exact) mass is 234 g/mol. The summed E-state index contributed by atoms with van der Waals surface area (Å²) in [6.07, 6.45) is 1.41. The van der Waals surface area contributed by atoms with Crippen molar-refractivity contribution in [1.29, 1.82) is 5.26 Å². The van der Waals surface area contributed by atoms with Crippen molar-refractivity contribution in [2.45, 2.75) is 6.92 Å². The van der Waals surface area contributed by atoms with Crippen molar-refractivity contribution in [2.75, 3.05) is 19.7 Å². The third kappa shape index (κ3) is 3.58. The van der Waals surface area contributed by atoms with Crippen molar-refractivity contribution in [1.82, 2.24) is 4.90 Å². The summed E-state index contributed by atoms with van der Waals surface area (Å²) in [5, 5.41) is 17.7. The van der Waals surface area contributed by atoms with Gasteiger partial charge in [-0.15, -0.1) is 0 Å². The summed E-state index contributed by atoms with van der Waals surface area (Å²) >= 11 is 0. The summed E-state index contributed by atoms with van der Waals surface area (Å²) in [4.78, 5) is 1.87. The van der Waals surface area contributed by atoms with Crippen LogP contribution in [0.4, 0.5) is 4.39 Å². The molecule has 3 nitrogen and oxygen atoms in total. The maximum Gasteiger partial charge on any atom is 0.123 e. The number of hydrogen-bond donors (Lipinski definition) is 1. The Bertz CT molecular complexity index is 420. The van der Waals surface area contributed by atoms with Crippen LogP contribution in [0.25, 0.3) is 5.70 Å². The quantitative estimate of drug-likeness (QED) is 0.793. The summed E-state index contributed by atoms with van der Waals surface area (Å²) in [5.74, 6) is -0.310. The predicted molar refractivity (Wildman–Crippen MR) is 64.3 cm³/mol. The molecule has 1 N–H and O–H groups in total. The van der Waals surface area contributed by atoms with E-state index < -0.39 is 0 Å². The van der Waals surface area contributed by atoms with Gasteiger partial charge in [0.05, 0.1) is 18.4 Å². The number of benzene rings is 1. The lowest BCUT2D eigenvalue weighted by atomic mass is 10.1. The fraction of sp³-hybridized carbons (Fsp3) is 0.308. The molecule has 0 saturated carbocycles. The zero-order valence-electron chi connectivity index (χ0n) is 9.73. The average molecular weight is 234 g/mol. The van der Waals surface area contributed by atoms with Gasteiger partial charge in [0.25, 0.3) is 0 Å². The summed E-state index contributed by atoms with van der Waals surface area (Å²) in [6, 6.07) is 7.93. The lowest BCUT2D eigenvalue weighted by molar-refractivity contribution is 0.247. The molecule has 1 aromatic carbocycles. The molecule has 4 heteroatoms. The fourth-order valence-electron chi connectivity index (χ4n) is 1.61. The Kier molecular flexibility index (Phi) is 5.18. The van der Waals surface area contributed by atoms with Gasteiger partial charge in [0, 0.05) is 19.2 Å². The van der Waals surface area contributed by atoms with Gasteiger partial charge in [0.2, 0.25) is 0 Å². The molecule has 0 bridgehead atoms. The first-order chi connectivity index (χ1) is 8.22. The minimum atomic E-state index is -0.310. The molecule has 0 amide bonds. The fourth-order valence-corrected chi connectivity index (χ4v) is 1.61. The van der Waals surface area contributed by atoms with Crippen LogP contribution in [-0.4, -0.2) is 29.7 Å². The number of rotatable bonds is 5. The predicted octanol–water partition coefficient (Wildman–Crippen LogP) is 2.00. The minimum absolute atomic E-state index is 0.0117. The number of allylic oxidation sites excluding steroid dienone is 1. The number of nitrogens with zero attached hydrogens (tertiary/aromatic N) is 2. The number of aliphatic hydroxyl groups is 1. The van der Waals surface area contributed by atoms with Gasteiger partial charge in [0.15, 0.2) is 0 Å². The van der Waals surface area contributed by atoms with Crippen LogP contribution in [0.15, 0.2) is 30.3 Å². The molecular weight excluding hydrogens is 219 g/mol. The van der Waals surface area contributed by atoms with Crippen molar-refractivity contribution < 1.29 is 9.50 Å². The number of halogens is 1. The summed E-state index contributed by atoms with van der Waals surface area (Å²) in [7, 11) is 0. The molecule has 0 heterocycles. The van der Waals surface area contributed by atoms with Gasteiger partial charge in [0.1, 0.15) is 5.82 Å². The van der Waals surface area contributed by atoms with Gasteiger partial charge < -0.3 is 10.0 Å². The Morgan fingerprint density at radius 3 is 2.59 bits per heavy atom. The van der Waals surface area contributed by atoms with Crippen molar-refractivity contribution in [3.63, 3.8) is 0 Å². The normalized spacial score (nSPS) is 11.1. The number of aliphatic hydroxyl groups excluding tert-OH is 1. The standard InChI is InChI=1S/C13H15FN2O/c1-2-16(9-10-17)13(7-8-15)11-3-5-12(14)6-4-11/h3-7,17H,2,9-10H2,1H3/b13-7+. The Morgan fingerprint density at radius 1 is 1.47 bits per heavy atom. The highest BCUT2D eigenvalue weighted by molar-refractivity contribution is 5.66. The largest absolute Gasteiger partial charge is 0.395 e. The maximum atomic E-state index is 12.8. The molecule has 0 radical (unpaired) electrons. The second-order valence-electron chi connectivity index (χ2n) is 3.47. The average Bonchev–Trinajstić information content (AvgIpc) is 2.35. The molecule has 1 rings (SSSR count). The number of nitriles is 1. The van der Waals surface area contributed by atoms with E-state index in [1.165, 1.54) is 18.2 Å². The molecule has 0 aliphatic heterocycles. The van der Waals surface area contributed by atoms with E-state index >= 15 is 0 Å². The highest BCUT2D eigenvalue weighted by Gasteiger charge is 2.09. The van der Waals surface area contributed by atoms with Crippen LogP contribution >= 0.6 is 0 Å². The minimum Gasteiger partial charge on any atom is -0.395 e. The van der Waals surface area contributed by atoms with E-state index in [1.807, 2.05) is 17.9 Å². The number of likely N-dealkylation sites (N-methyl/N-ethyl adjacent to an activating group) is 1. The molecule has 0 aliphatic rings. The number of hydrogen-bond acceptors (Lipinski definition) is 3. The van der Waals surface area contributed by atoms with Crippen LogP contribution in [-0.2, 0) is 0 Å². The lowest BCUT2D eigenvalue weighted by Crippen LogP contribution is -2.25. The second-order valence-corrected chi connectivity index (χ2v) is 3.47. The van der Waals surface area contributed by atoms with Crippen LogP contribution in [0.2, 0.25) is 0 Å². The molecule has 1 aromatic rings. The van der Waals surface area contributed by atoms with E-state index in [1.54, 1.807) is 12.1 Å². The summed E-state index contributed by atoms with van der Waals surface area (Å²) in [5.41, 5.74) is 1.47. The van der Waals surface area contributed by atoms with Gasteiger partial charge in [-0.1, -0.05) is 0 Å². The van der Waals surface area contributed by atoms with Crippen molar-refractivity contribution in [3.8, 4) is 6.07 Å². The van der Waals surface area contributed by atoms with E-state index in [-0.39, 0.29) is 12.4 Å².